The zero-order valence-corrected chi connectivity index (χ0v) is 12.9. The van der Waals surface area contributed by atoms with Crippen LogP contribution in [0.4, 0.5) is 0 Å². The van der Waals surface area contributed by atoms with E-state index in [2.05, 4.69) is 9.97 Å². The van der Waals surface area contributed by atoms with Gasteiger partial charge in [0.05, 0.1) is 11.2 Å². The summed E-state index contributed by atoms with van der Waals surface area (Å²) in [6.07, 6.45) is 3.43. The average molecular weight is 283 g/mol. The Kier molecular flexibility index (Phi) is 4.44. The van der Waals surface area contributed by atoms with Crippen LogP contribution in [0.25, 0.3) is 11.4 Å². The summed E-state index contributed by atoms with van der Waals surface area (Å²) in [5, 5.41) is 10.1. The SMILES string of the molecule is CC(C)(O)C(C)(C)O[B]c1cccc(-c2ncccn2)c1. The van der Waals surface area contributed by atoms with E-state index >= 15 is 0 Å². The minimum Gasteiger partial charge on any atom is -0.427 e. The van der Waals surface area contributed by atoms with Crippen LogP contribution in [0.2, 0.25) is 0 Å². The van der Waals surface area contributed by atoms with E-state index in [9.17, 15) is 5.11 Å². The third kappa shape index (κ3) is 3.89. The van der Waals surface area contributed by atoms with Crippen molar-refractivity contribution >= 4 is 12.9 Å². The molecule has 0 aliphatic rings. The molecule has 1 radical (unpaired) electrons. The maximum Gasteiger partial charge on any atom is 0.330 e. The Bertz CT molecular complexity index is 595. The van der Waals surface area contributed by atoms with E-state index in [-0.39, 0.29) is 0 Å². The first-order chi connectivity index (χ1) is 9.79. The summed E-state index contributed by atoms with van der Waals surface area (Å²) in [4.78, 5) is 8.46. The highest BCUT2D eigenvalue weighted by Crippen LogP contribution is 2.24. The molecule has 1 N–H and O–H groups in total. The number of benzene rings is 1. The Hall–Kier alpha value is -1.72. The molecular formula is C16H20BN2O2. The molecule has 2 aromatic rings. The number of hydrogen-bond donors (Lipinski definition) is 1. The summed E-state index contributed by atoms with van der Waals surface area (Å²) in [5.41, 5.74) is 0.196. The molecule has 1 aromatic carbocycles. The average Bonchev–Trinajstić information content (AvgIpc) is 2.45. The van der Waals surface area contributed by atoms with Crippen LogP contribution in [0.15, 0.2) is 42.7 Å². The number of rotatable bonds is 5. The van der Waals surface area contributed by atoms with Crippen LogP contribution in [0, 0.1) is 0 Å². The van der Waals surface area contributed by atoms with Crippen molar-refractivity contribution in [3.8, 4) is 11.4 Å². The van der Waals surface area contributed by atoms with Gasteiger partial charge >= 0.3 is 7.48 Å². The topological polar surface area (TPSA) is 55.2 Å². The highest BCUT2D eigenvalue weighted by Gasteiger charge is 2.35. The molecule has 0 spiro atoms. The van der Waals surface area contributed by atoms with Crippen molar-refractivity contribution in [2.75, 3.05) is 0 Å². The molecule has 1 heterocycles. The van der Waals surface area contributed by atoms with E-state index in [0.29, 0.717) is 5.82 Å². The minimum atomic E-state index is -0.941. The molecule has 0 amide bonds. The molecule has 21 heavy (non-hydrogen) atoms. The van der Waals surface area contributed by atoms with Crippen molar-refractivity contribution < 1.29 is 9.76 Å². The van der Waals surface area contributed by atoms with Gasteiger partial charge in [0.25, 0.3) is 0 Å². The lowest BCUT2D eigenvalue weighted by Crippen LogP contribution is -2.49. The Morgan fingerprint density at radius 1 is 1.05 bits per heavy atom. The van der Waals surface area contributed by atoms with Crippen molar-refractivity contribution in [3.05, 3.63) is 42.7 Å². The maximum atomic E-state index is 10.1. The molecule has 0 saturated heterocycles. The van der Waals surface area contributed by atoms with Gasteiger partial charge in [-0.15, -0.1) is 0 Å². The Labute approximate surface area is 126 Å². The zero-order valence-electron chi connectivity index (χ0n) is 12.9. The van der Waals surface area contributed by atoms with Crippen LogP contribution in [0.1, 0.15) is 27.7 Å². The van der Waals surface area contributed by atoms with Crippen LogP contribution < -0.4 is 5.46 Å². The molecule has 0 aliphatic heterocycles. The van der Waals surface area contributed by atoms with E-state index in [1.165, 1.54) is 0 Å². The fourth-order valence-corrected chi connectivity index (χ4v) is 1.56. The molecule has 2 rings (SSSR count). The second kappa shape index (κ2) is 5.96. The lowest BCUT2D eigenvalue weighted by molar-refractivity contribution is -0.0893. The lowest BCUT2D eigenvalue weighted by Gasteiger charge is -2.37. The smallest absolute Gasteiger partial charge is 0.330 e. The quantitative estimate of drug-likeness (QED) is 0.852. The Balaban J connectivity index is 2.13. The van der Waals surface area contributed by atoms with Gasteiger partial charge in [-0.1, -0.05) is 29.7 Å². The van der Waals surface area contributed by atoms with Gasteiger partial charge in [-0.25, -0.2) is 9.97 Å². The molecule has 1 aromatic heterocycles. The number of aliphatic hydroxyl groups is 1. The van der Waals surface area contributed by atoms with Gasteiger partial charge in [0, 0.05) is 18.0 Å². The van der Waals surface area contributed by atoms with Gasteiger partial charge in [0.1, 0.15) is 0 Å². The molecule has 0 bridgehead atoms. The number of nitrogens with zero attached hydrogens (tertiary/aromatic N) is 2. The summed E-state index contributed by atoms with van der Waals surface area (Å²) in [6.45, 7) is 7.17. The molecule has 4 nitrogen and oxygen atoms in total. The summed E-state index contributed by atoms with van der Waals surface area (Å²) in [6, 6.07) is 9.56. The van der Waals surface area contributed by atoms with Gasteiger partial charge in [-0.05, 0) is 33.8 Å². The van der Waals surface area contributed by atoms with Gasteiger partial charge in [0.2, 0.25) is 0 Å². The van der Waals surface area contributed by atoms with Crippen LogP contribution in [0.5, 0.6) is 0 Å². The van der Waals surface area contributed by atoms with E-state index < -0.39 is 11.2 Å². The first-order valence-corrected chi connectivity index (χ1v) is 6.90. The maximum absolute atomic E-state index is 10.1. The summed E-state index contributed by atoms with van der Waals surface area (Å²) >= 11 is 0. The predicted octanol–water partition coefficient (Wildman–Crippen LogP) is 1.95. The number of aromatic nitrogens is 2. The highest BCUT2D eigenvalue weighted by atomic mass is 16.5. The zero-order chi connectivity index (χ0) is 15.5. The molecule has 0 unspecified atom stereocenters. The number of hydrogen-bond acceptors (Lipinski definition) is 4. The molecule has 0 atom stereocenters. The fourth-order valence-electron chi connectivity index (χ4n) is 1.56. The van der Waals surface area contributed by atoms with E-state index in [0.717, 1.165) is 11.0 Å². The van der Waals surface area contributed by atoms with Gasteiger partial charge in [0.15, 0.2) is 5.82 Å². The van der Waals surface area contributed by atoms with Crippen molar-refractivity contribution in [1.82, 2.24) is 9.97 Å². The van der Waals surface area contributed by atoms with E-state index in [1.807, 2.05) is 38.1 Å². The first kappa shape index (κ1) is 15.7. The van der Waals surface area contributed by atoms with Gasteiger partial charge in [-0.3, -0.25) is 0 Å². The van der Waals surface area contributed by atoms with Gasteiger partial charge in [-0.2, -0.15) is 0 Å². The van der Waals surface area contributed by atoms with Crippen molar-refractivity contribution in [3.63, 3.8) is 0 Å². The molecular weight excluding hydrogens is 263 g/mol. The predicted molar refractivity (Wildman–Crippen MR) is 84.3 cm³/mol. The monoisotopic (exact) mass is 283 g/mol. The Morgan fingerprint density at radius 2 is 1.71 bits per heavy atom. The highest BCUT2D eigenvalue weighted by molar-refractivity contribution is 6.47. The standard InChI is InChI=1S/C16H20BN2O2/c1-15(2,20)16(3,4)21-17-13-8-5-7-12(11-13)14-18-9-6-10-19-14/h5-11,20H,1-4H3. The third-order valence-electron chi connectivity index (χ3n) is 3.67. The van der Waals surface area contributed by atoms with Crippen LogP contribution in [0.3, 0.4) is 0 Å². The normalized spacial score (nSPS) is 12.2. The summed E-state index contributed by atoms with van der Waals surface area (Å²) in [5.74, 6) is 0.675. The molecule has 0 aliphatic carbocycles. The molecule has 5 heteroatoms. The van der Waals surface area contributed by atoms with Crippen molar-refractivity contribution in [1.29, 1.82) is 0 Å². The summed E-state index contributed by atoms with van der Waals surface area (Å²) in [7, 11) is 1.66. The van der Waals surface area contributed by atoms with Gasteiger partial charge < -0.3 is 9.76 Å². The summed E-state index contributed by atoms with van der Waals surface area (Å²) < 4.78 is 5.76. The third-order valence-corrected chi connectivity index (χ3v) is 3.67. The van der Waals surface area contributed by atoms with Crippen LogP contribution in [-0.4, -0.2) is 33.8 Å². The van der Waals surface area contributed by atoms with Crippen molar-refractivity contribution in [2.24, 2.45) is 0 Å². The molecule has 109 valence electrons. The molecule has 0 fully saturated rings. The Morgan fingerprint density at radius 3 is 2.33 bits per heavy atom. The van der Waals surface area contributed by atoms with Crippen molar-refractivity contribution in [2.45, 2.75) is 38.9 Å². The lowest BCUT2D eigenvalue weighted by atomic mass is 9.82. The largest absolute Gasteiger partial charge is 0.427 e. The molecule has 0 saturated carbocycles. The second-order valence-electron chi connectivity index (χ2n) is 6.00. The minimum absolute atomic E-state index is 0.675. The van der Waals surface area contributed by atoms with Crippen LogP contribution in [-0.2, 0) is 4.65 Å². The van der Waals surface area contributed by atoms with Crippen LogP contribution >= 0.6 is 0 Å². The van der Waals surface area contributed by atoms with E-state index in [1.54, 1.807) is 39.8 Å². The first-order valence-electron chi connectivity index (χ1n) is 6.90. The fraction of sp³-hybridized carbons (Fsp3) is 0.375. The second-order valence-corrected chi connectivity index (χ2v) is 6.00. The van der Waals surface area contributed by atoms with E-state index in [4.69, 9.17) is 4.65 Å².